The van der Waals surface area contributed by atoms with Crippen LogP contribution >= 0.6 is 0 Å². The van der Waals surface area contributed by atoms with Crippen LogP contribution in [-0.2, 0) is 11.2 Å². The zero-order valence-corrected chi connectivity index (χ0v) is 12.6. The largest absolute Gasteiger partial charge is 0.310 e. The highest BCUT2D eigenvalue weighted by Gasteiger charge is 2.07. The summed E-state index contributed by atoms with van der Waals surface area (Å²) in [5.74, 6) is 0.452. The van der Waals surface area contributed by atoms with Gasteiger partial charge in [-0.05, 0) is 43.2 Å². The van der Waals surface area contributed by atoms with E-state index in [2.05, 4.69) is 15.3 Å². The molecule has 0 unspecified atom stereocenters. The Morgan fingerprint density at radius 3 is 2.59 bits per heavy atom. The number of pyridine rings is 2. The fourth-order valence-corrected chi connectivity index (χ4v) is 2.47. The molecule has 22 heavy (non-hydrogen) atoms. The number of carbonyl (C=O) groups excluding carboxylic acids is 1. The minimum Gasteiger partial charge on any atom is -0.310 e. The fourth-order valence-electron chi connectivity index (χ4n) is 2.47. The molecule has 1 N–H and O–H groups in total. The summed E-state index contributed by atoms with van der Waals surface area (Å²) in [5.41, 5.74) is 3.70. The van der Waals surface area contributed by atoms with Gasteiger partial charge in [0.1, 0.15) is 5.82 Å². The van der Waals surface area contributed by atoms with Crippen molar-refractivity contribution in [2.45, 2.75) is 20.3 Å². The van der Waals surface area contributed by atoms with Gasteiger partial charge in [0, 0.05) is 11.1 Å². The van der Waals surface area contributed by atoms with Crippen LogP contribution in [0.3, 0.4) is 0 Å². The van der Waals surface area contributed by atoms with E-state index in [1.165, 1.54) is 0 Å². The molecule has 3 rings (SSSR count). The number of fused-ring (bicyclic) bond motifs is 1. The third-order valence-electron chi connectivity index (χ3n) is 3.48. The van der Waals surface area contributed by atoms with Gasteiger partial charge in [0.25, 0.3) is 0 Å². The number of anilines is 1. The van der Waals surface area contributed by atoms with Crippen molar-refractivity contribution in [1.82, 2.24) is 9.97 Å². The summed E-state index contributed by atoms with van der Waals surface area (Å²) >= 11 is 0. The minimum absolute atomic E-state index is 0.0811. The second kappa shape index (κ2) is 5.93. The highest BCUT2D eigenvalue weighted by Crippen LogP contribution is 2.18. The van der Waals surface area contributed by atoms with Crippen molar-refractivity contribution in [2.75, 3.05) is 5.32 Å². The highest BCUT2D eigenvalue weighted by atomic mass is 16.1. The maximum absolute atomic E-state index is 12.1. The van der Waals surface area contributed by atoms with Gasteiger partial charge in [-0.25, -0.2) is 9.97 Å². The van der Waals surface area contributed by atoms with E-state index in [0.29, 0.717) is 17.9 Å². The Kier molecular flexibility index (Phi) is 3.83. The van der Waals surface area contributed by atoms with Gasteiger partial charge in [0.2, 0.25) is 5.91 Å². The van der Waals surface area contributed by atoms with E-state index < -0.39 is 0 Å². The van der Waals surface area contributed by atoms with E-state index in [9.17, 15) is 4.79 Å². The number of rotatable bonds is 3. The Bertz CT molecular complexity index is 828. The maximum atomic E-state index is 12.1. The number of amides is 1. The first-order chi connectivity index (χ1) is 10.6. The van der Waals surface area contributed by atoms with Crippen LogP contribution in [0.1, 0.15) is 16.8 Å². The van der Waals surface area contributed by atoms with Crippen LogP contribution in [0, 0.1) is 13.8 Å². The lowest BCUT2D eigenvalue weighted by atomic mass is 10.1. The summed E-state index contributed by atoms with van der Waals surface area (Å²) in [4.78, 5) is 20.9. The number of hydrogen-bond donors (Lipinski definition) is 1. The molecule has 0 atom stereocenters. The Morgan fingerprint density at radius 1 is 1.05 bits per heavy atom. The van der Waals surface area contributed by atoms with Crippen molar-refractivity contribution in [3.8, 4) is 0 Å². The molecule has 0 aliphatic heterocycles. The van der Waals surface area contributed by atoms with E-state index in [1.807, 2.05) is 62.4 Å². The number of hydrogen-bond acceptors (Lipinski definition) is 3. The lowest BCUT2D eigenvalue weighted by Gasteiger charge is -2.07. The highest BCUT2D eigenvalue weighted by molar-refractivity contribution is 5.92. The van der Waals surface area contributed by atoms with Gasteiger partial charge in [0.15, 0.2) is 5.65 Å². The second-order valence-electron chi connectivity index (χ2n) is 5.36. The quantitative estimate of drug-likeness (QED) is 0.804. The molecule has 1 amide bonds. The van der Waals surface area contributed by atoms with Crippen molar-refractivity contribution in [2.24, 2.45) is 0 Å². The number of aryl methyl sites for hydroxylation is 2. The number of aromatic nitrogens is 2. The third-order valence-corrected chi connectivity index (χ3v) is 3.48. The van der Waals surface area contributed by atoms with Crippen LogP contribution in [0.2, 0.25) is 0 Å². The van der Waals surface area contributed by atoms with E-state index in [0.717, 1.165) is 22.2 Å². The molecule has 0 radical (unpaired) electrons. The predicted octanol–water partition coefficient (Wildman–Crippen LogP) is 3.43. The molecular formula is C18H17N3O. The summed E-state index contributed by atoms with van der Waals surface area (Å²) in [6, 6.07) is 15.4. The SMILES string of the molecule is Cc1cc(C)c2ccc(NC(=O)Cc3ccccc3)nc2n1. The zero-order valence-electron chi connectivity index (χ0n) is 12.6. The molecule has 0 bridgehead atoms. The fraction of sp³-hybridized carbons (Fsp3) is 0.167. The number of carbonyl (C=O) groups is 1. The van der Waals surface area contributed by atoms with Crippen LogP contribution in [-0.4, -0.2) is 15.9 Å². The maximum Gasteiger partial charge on any atom is 0.229 e. The Balaban J connectivity index is 1.80. The normalized spacial score (nSPS) is 10.6. The predicted molar refractivity (Wildman–Crippen MR) is 87.8 cm³/mol. The Hall–Kier alpha value is -2.75. The lowest BCUT2D eigenvalue weighted by Crippen LogP contribution is -2.15. The van der Waals surface area contributed by atoms with Gasteiger partial charge in [0.05, 0.1) is 6.42 Å². The van der Waals surface area contributed by atoms with E-state index in [4.69, 9.17) is 0 Å². The Labute approximate surface area is 129 Å². The summed E-state index contributed by atoms with van der Waals surface area (Å²) in [5, 5.41) is 3.84. The Morgan fingerprint density at radius 2 is 1.82 bits per heavy atom. The minimum atomic E-state index is -0.0811. The average molecular weight is 291 g/mol. The van der Waals surface area contributed by atoms with Crippen molar-refractivity contribution in [1.29, 1.82) is 0 Å². The monoisotopic (exact) mass is 291 g/mol. The van der Waals surface area contributed by atoms with Crippen LogP contribution in [0.5, 0.6) is 0 Å². The van der Waals surface area contributed by atoms with E-state index in [1.54, 1.807) is 0 Å². The number of nitrogens with one attached hydrogen (secondary N) is 1. The van der Waals surface area contributed by atoms with Crippen LogP contribution < -0.4 is 5.32 Å². The van der Waals surface area contributed by atoms with Crippen molar-refractivity contribution in [3.63, 3.8) is 0 Å². The first kappa shape index (κ1) is 14.2. The summed E-state index contributed by atoms with van der Waals surface area (Å²) in [6.45, 7) is 3.97. The zero-order chi connectivity index (χ0) is 15.5. The molecule has 4 heteroatoms. The van der Waals surface area contributed by atoms with E-state index in [-0.39, 0.29) is 5.91 Å². The van der Waals surface area contributed by atoms with Gasteiger partial charge in [-0.3, -0.25) is 4.79 Å². The second-order valence-corrected chi connectivity index (χ2v) is 5.36. The van der Waals surface area contributed by atoms with E-state index >= 15 is 0 Å². The number of nitrogens with zero attached hydrogens (tertiary/aromatic N) is 2. The standard InChI is InChI=1S/C18H17N3O/c1-12-10-13(2)19-18-15(12)8-9-16(21-18)20-17(22)11-14-6-4-3-5-7-14/h3-10H,11H2,1-2H3,(H,19,20,21,22). The van der Waals surface area contributed by atoms with Crippen molar-refractivity contribution in [3.05, 3.63) is 65.4 Å². The molecule has 110 valence electrons. The first-order valence-electron chi connectivity index (χ1n) is 7.20. The van der Waals surface area contributed by atoms with Crippen LogP contribution in [0.4, 0.5) is 5.82 Å². The molecule has 2 aromatic heterocycles. The van der Waals surface area contributed by atoms with Gasteiger partial charge in [-0.15, -0.1) is 0 Å². The first-order valence-corrected chi connectivity index (χ1v) is 7.20. The molecule has 3 aromatic rings. The van der Waals surface area contributed by atoms with Crippen LogP contribution in [0.15, 0.2) is 48.5 Å². The molecule has 4 nitrogen and oxygen atoms in total. The molecule has 0 saturated carbocycles. The third kappa shape index (κ3) is 3.11. The molecule has 1 aromatic carbocycles. The van der Waals surface area contributed by atoms with Gasteiger partial charge in [-0.1, -0.05) is 30.3 Å². The molecule has 0 aliphatic carbocycles. The molecule has 0 fully saturated rings. The summed E-state index contributed by atoms with van der Waals surface area (Å²) in [7, 11) is 0. The summed E-state index contributed by atoms with van der Waals surface area (Å²) < 4.78 is 0. The van der Waals surface area contributed by atoms with Crippen molar-refractivity contribution < 1.29 is 4.79 Å². The molecule has 2 heterocycles. The molecule has 0 spiro atoms. The molecule has 0 saturated heterocycles. The number of benzene rings is 1. The van der Waals surface area contributed by atoms with Gasteiger partial charge >= 0.3 is 0 Å². The van der Waals surface area contributed by atoms with Gasteiger partial charge in [-0.2, -0.15) is 0 Å². The average Bonchev–Trinajstić information content (AvgIpc) is 2.47. The molecular weight excluding hydrogens is 274 g/mol. The molecule has 0 aliphatic rings. The van der Waals surface area contributed by atoms with Crippen LogP contribution in [0.25, 0.3) is 11.0 Å². The summed E-state index contributed by atoms with van der Waals surface area (Å²) in [6.07, 6.45) is 0.334. The lowest BCUT2D eigenvalue weighted by molar-refractivity contribution is -0.115. The smallest absolute Gasteiger partial charge is 0.229 e. The topological polar surface area (TPSA) is 54.9 Å². The van der Waals surface area contributed by atoms with Gasteiger partial charge < -0.3 is 5.32 Å². The van der Waals surface area contributed by atoms with Crippen molar-refractivity contribution >= 4 is 22.8 Å².